The van der Waals surface area contributed by atoms with E-state index in [-0.39, 0.29) is 0 Å². The van der Waals surface area contributed by atoms with Gasteiger partial charge >= 0.3 is 0 Å². The van der Waals surface area contributed by atoms with Gasteiger partial charge in [0.25, 0.3) is 0 Å². The average molecular weight is 229 g/mol. The molecule has 0 bridgehead atoms. The number of rotatable bonds is 2. The van der Waals surface area contributed by atoms with Crippen LogP contribution in [-0.4, -0.2) is 22.4 Å². The molecule has 1 fully saturated rings. The smallest absolute Gasteiger partial charge is 0.0683 e. The summed E-state index contributed by atoms with van der Waals surface area (Å²) in [7, 11) is 0. The van der Waals surface area contributed by atoms with Crippen LogP contribution in [0, 0.1) is 6.92 Å². The van der Waals surface area contributed by atoms with Crippen LogP contribution in [0.2, 0.25) is 0 Å². The number of aryl methyl sites for hydroxylation is 1. The van der Waals surface area contributed by atoms with Gasteiger partial charge in [-0.05, 0) is 38.4 Å². The third-order valence-electron chi connectivity index (χ3n) is 3.60. The summed E-state index contributed by atoms with van der Waals surface area (Å²) in [5.74, 6) is 0. The Morgan fingerprint density at radius 2 is 2.35 bits per heavy atom. The molecular weight excluding hydrogens is 210 g/mol. The molecule has 1 aromatic heterocycles. The van der Waals surface area contributed by atoms with Crippen LogP contribution >= 0.6 is 0 Å². The van der Waals surface area contributed by atoms with Crippen molar-refractivity contribution in [3.05, 3.63) is 30.0 Å². The Kier molecular flexibility index (Phi) is 2.85. The van der Waals surface area contributed by atoms with Crippen LogP contribution in [0.3, 0.4) is 0 Å². The summed E-state index contributed by atoms with van der Waals surface area (Å²) in [6, 6.07) is 7.13. The SMILES string of the molecule is Cc1ccc2c(cnn2CC2CCCCN2)c1. The van der Waals surface area contributed by atoms with Crippen LogP contribution in [0.25, 0.3) is 10.9 Å². The van der Waals surface area contributed by atoms with Gasteiger partial charge in [-0.15, -0.1) is 0 Å². The topological polar surface area (TPSA) is 29.9 Å². The van der Waals surface area contributed by atoms with Crippen molar-refractivity contribution < 1.29 is 0 Å². The molecule has 1 aliphatic heterocycles. The number of hydrogen-bond donors (Lipinski definition) is 1. The van der Waals surface area contributed by atoms with Gasteiger partial charge < -0.3 is 5.32 Å². The van der Waals surface area contributed by atoms with Crippen molar-refractivity contribution in [2.24, 2.45) is 0 Å². The molecule has 0 spiro atoms. The summed E-state index contributed by atoms with van der Waals surface area (Å²) < 4.78 is 2.14. The van der Waals surface area contributed by atoms with Gasteiger partial charge in [0.05, 0.1) is 18.3 Å². The maximum Gasteiger partial charge on any atom is 0.0683 e. The van der Waals surface area contributed by atoms with E-state index in [1.807, 2.05) is 6.20 Å². The minimum Gasteiger partial charge on any atom is -0.312 e. The molecule has 1 aliphatic rings. The van der Waals surface area contributed by atoms with Crippen molar-refractivity contribution in [2.75, 3.05) is 6.54 Å². The molecule has 0 radical (unpaired) electrons. The van der Waals surface area contributed by atoms with Crippen molar-refractivity contribution >= 4 is 10.9 Å². The first kappa shape index (κ1) is 10.8. The molecular formula is C14H19N3. The average Bonchev–Trinajstić information content (AvgIpc) is 2.73. The number of benzene rings is 1. The highest BCUT2D eigenvalue weighted by atomic mass is 15.3. The van der Waals surface area contributed by atoms with Crippen LogP contribution in [0.5, 0.6) is 0 Å². The predicted molar refractivity (Wildman–Crippen MR) is 70.1 cm³/mol. The zero-order valence-electron chi connectivity index (χ0n) is 10.3. The number of fused-ring (bicyclic) bond motifs is 1. The predicted octanol–water partition coefficient (Wildman–Crippen LogP) is 2.49. The first-order valence-electron chi connectivity index (χ1n) is 6.48. The lowest BCUT2D eigenvalue weighted by molar-refractivity contribution is 0.355. The first-order chi connectivity index (χ1) is 8.33. The Labute approximate surface area is 102 Å². The van der Waals surface area contributed by atoms with Crippen LogP contribution in [0.4, 0.5) is 0 Å². The summed E-state index contributed by atoms with van der Waals surface area (Å²) in [6.45, 7) is 4.27. The van der Waals surface area contributed by atoms with Crippen molar-refractivity contribution in [3.8, 4) is 0 Å². The maximum absolute atomic E-state index is 4.51. The summed E-state index contributed by atoms with van der Waals surface area (Å²) in [5, 5.41) is 9.33. The van der Waals surface area contributed by atoms with Gasteiger partial charge in [0, 0.05) is 11.4 Å². The third kappa shape index (κ3) is 2.20. The van der Waals surface area contributed by atoms with E-state index in [4.69, 9.17) is 0 Å². The number of aromatic nitrogens is 2. The number of nitrogens with zero attached hydrogens (tertiary/aromatic N) is 2. The van der Waals surface area contributed by atoms with Crippen molar-refractivity contribution in [3.63, 3.8) is 0 Å². The zero-order chi connectivity index (χ0) is 11.7. The quantitative estimate of drug-likeness (QED) is 0.857. The molecule has 0 saturated carbocycles. The molecule has 1 unspecified atom stereocenters. The van der Waals surface area contributed by atoms with Crippen molar-refractivity contribution in [2.45, 2.75) is 38.8 Å². The summed E-state index contributed by atoms with van der Waals surface area (Å²) >= 11 is 0. The molecule has 17 heavy (non-hydrogen) atoms. The van der Waals surface area contributed by atoms with Gasteiger partial charge in [0.1, 0.15) is 0 Å². The molecule has 0 amide bonds. The van der Waals surface area contributed by atoms with E-state index in [1.54, 1.807) is 0 Å². The minimum atomic E-state index is 0.591. The van der Waals surface area contributed by atoms with E-state index in [1.165, 1.54) is 35.7 Å². The fraction of sp³-hybridized carbons (Fsp3) is 0.500. The molecule has 1 saturated heterocycles. The number of piperidine rings is 1. The molecule has 3 rings (SSSR count). The second kappa shape index (κ2) is 4.49. The first-order valence-corrected chi connectivity index (χ1v) is 6.48. The normalized spacial score (nSPS) is 20.9. The minimum absolute atomic E-state index is 0.591. The lowest BCUT2D eigenvalue weighted by atomic mass is 10.1. The van der Waals surface area contributed by atoms with E-state index in [0.29, 0.717) is 6.04 Å². The lowest BCUT2D eigenvalue weighted by Gasteiger charge is -2.23. The fourth-order valence-electron chi connectivity index (χ4n) is 2.64. The van der Waals surface area contributed by atoms with E-state index in [0.717, 1.165) is 13.1 Å². The monoisotopic (exact) mass is 229 g/mol. The Hall–Kier alpha value is -1.35. The van der Waals surface area contributed by atoms with Gasteiger partial charge in [0.2, 0.25) is 0 Å². The molecule has 2 heterocycles. The largest absolute Gasteiger partial charge is 0.312 e. The molecule has 1 atom stereocenters. The molecule has 90 valence electrons. The van der Waals surface area contributed by atoms with Crippen LogP contribution in [0.1, 0.15) is 24.8 Å². The molecule has 2 aromatic rings. The van der Waals surface area contributed by atoms with Crippen LogP contribution in [0.15, 0.2) is 24.4 Å². The Morgan fingerprint density at radius 1 is 1.41 bits per heavy atom. The van der Waals surface area contributed by atoms with E-state index in [9.17, 15) is 0 Å². The standard InChI is InChI=1S/C14H19N3/c1-11-5-6-14-12(8-11)9-16-17(14)10-13-4-2-3-7-15-13/h5-6,8-9,13,15H,2-4,7,10H2,1H3. The number of hydrogen-bond acceptors (Lipinski definition) is 2. The van der Waals surface area contributed by atoms with Crippen LogP contribution < -0.4 is 5.32 Å². The van der Waals surface area contributed by atoms with E-state index in [2.05, 4.69) is 40.2 Å². The summed E-state index contributed by atoms with van der Waals surface area (Å²) in [4.78, 5) is 0. The van der Waals surface area contributed by atoms with Gasteiger partial charge in [-0.2, -0.15) is 5.10 Å². The molecule has 0 aliphatic carbocycles. The third-order valence-corrected chi connectivity index (χ3v) is 3.60. The lowest BCUT2D eigenvalue weighted by Crippen LogP contribution is -2.37. The van der Waals surface area contributed by atoms with Gasteiger partial charge in [0.15, 0.2) is 0 Å². The van der Waals surface area contributed by atoms with Crippen molar-refractivity contribution in [1.82, 2.24) is 15.1 Å². The van der Waals surface area contributed by atoms with Gasteiger partial charge in [-0.1, -0.05) is 18.1 Å². The van der Waals surface area contributed by atoms with E-state index < -0.39 is 0 Å². The Balaban J connectivity index is 1.84. The van der Waals surface area contributed by atoms with Crippen LogP contribution in [-0.2, 0) is 6.54 Å². The highest BCUT2D eigenvalue weighted by Gasteiger charge is 2.14. The molecule has 3 heteroatoms. The fourth-order valence-corrected chi connectivity index (χ4v) is 2.64. The van der Waals surface area contributed by atoms with Gasteiger partial charge in [-0.3, -0.25) is 4.68 Å². The molecule has 3 nitrogen and oxygen atoms in total. The molecule has 1 aromatic carbocycles. The summed E-state index contributed by atoms with van der Waals surface area (Å²) in [5.41, 5.74) is 2.55. The molecule has 1 N–H and O–H groups in total. The zero-order valence-corrected chi connectivity index (χ0v) is 10.3. The Morgan fingerprint density at radius 3 is 3.18 bits per heavy atom. The van der Waals surface area contributed by atoms with Crippen molar-refractivity contribution in [1.29, 1.82) is 0 Å². The maximum atomic E-state index is 4.51. The highest BCUT2D eigenvalue weighted by Crippen LogP contribution is 2.17. The van der Waals surface area contributed by atoms with Gasteiger partial charge in [-0.25, -0.2) is 0 Å². The Bertz CT molecular complexity index is 509. The second-order valence-corrected chi connectivity index (χ2v) is 5.04. The number of nitrogens with one attached hydrogen (secondary N) is 1. The van der Waals surface area contributed by atoms with E-state index >= 15 is 0 Å². The highest BCUT2D eigenvalue weighted by molar-refractivity contribution is 5.79. The summed E-state index contributed by atoms with van der Waals surface area (Å²) in [6.07, 6.45) is 5.91. The second-order valence-electron chi connectivity index (χ2n) is 5.04.